The van der Waals surface area contributed by atoms with Gasteiger partial charge in [-0.25, -0.2) is 14.7 Å². The van der Waals surface area contributed by atoms with Crippen molar-refractivity contribution in [3.05, 3.63) is 48.2 Å². The van der Waals surface area contributed by atoms with E-state index in [1.165, 1.54) is 24.3 Å². The minimum atomic E-state index is -4.41. The van der Waals surface area contributed by atoms with E-state index < -0.39 is 23.0 Å². The van der Waals surface area contributed by atoms with Crippen LogP contribution in [0.5, 0.6) is 0 Å². The maximum atomic E-state index is 13.1. The first kappa shape index (κ1) is 22.9. The molecule has 0 radical (unpaired) electrons. The molecule has 1 aliphatic rings. The number of rotatable bonds is 7. The molecule has 1 N–H and O–H groups in total. The predicted molar refractivity (Wildman–Crippen MR) is 114 cm³/mol. The SMILES string of the molecule is CCN(CC)c1cc(CC2(C)NC(=O)N(c3ccc(SC(F)(F)F)cc3)C2=O)ccn1. The van der Waals surface area contributed by atoms with E-state index in [1.807, 2.05) is 19.9 Å². The van der Waals surface area contributed by atoms with Crippen molar-refractivity contribution < 1.29 is 22.8 Å². The molecule has 1 aromatic carbocycles. The molecule has 0 bridgehead atoms. The van der Waals surface area contributed by atoms with Crippen LogP contribution in [0.2, 0.25) is 0 Å². The van der Waals surface area contributed by atoms with Gasteiger partial charge in [-0.3, -0.25) is 4.79 Å². The van der Waals surface area contributed by atoms with Crippen LogP contribution in [0.25, 0.3) is 0 Å². The van der Waals surface area contributed by atoms with Crippen molar-refractivity contribution in [1.29, 1.82) is 0 Å². The average Bonchev–Trinajstić information content (AvgIpc) is 2.91. The van der Waals surface area contributed by atoms with Gasteiger partial charge in [-0.15, -0.1) is 0 Å². The third kappa shape index (κ3) is 5.12. The number of hydrogen-bond donors (Lipinski definition) is 1. The van der Waals surface area contributed by atoms with E-state index in [0.29, 0.717) is 0 Å². The fraction of sp³-hybridized carbons (Fsp3) is 0.381. The fourth-order valence-electron chi connectivity index (χ4n) is 3.53. The number of alkyl halides is 3. The zero-order valence-corrected chi connectivity index (χ0v) is 18.2. The molecule has 1 atom stereocenters. The number of carbonyl (C=O) groups excluding carboxylic acids is 2. The Hall–Kier alpha value is -2.75. The topological polar surface area (TPSA) is 65.5 Å². The molecule has 3 rings (SSSR count). The van der Waals surface area contributed by atoms with Crippen molar-refractivity contribution in [2.45, 2.75) is 43.1 Å². The molecule has 166 valence electrons. The summed E-state index contributed by atoms with van der Waals surface area (Å²) in [4.78, 5) is 33.1. The number of thioether (sulfide) groups is 1. The number of hydrogen-bond acceptors (Lipinski definition) is 5. The van der Waals surface area contributed by atoms with E-state index in [2.05, 4.69) is 15.2 Å². The van der Waals surface area contributed by atoms with Gasteiger partial charge in [0.25, 0.3) is 5.91 Å². The molecule has 1 unspecified atom stereocenters. The Bertz CT molecular complexity index is 964. The van der Waals surface area contributed by atoms with Gasteiger partial charge in [0, 0.05) is 30.6 Å². The Morgan fingerprint density at radius 3 is 2.35 bits per heavy atom. The van der Waals surface area contributed by atoms with Crippen LogP contribution < -0.4 is 15.1 Å². The number of pyridine rings is 1. The maximum Gasteiger partial charge on any atom is 0.446 e. The molecule has 1 aromatic heterocycles. The van der Waals surface area contributed by atoms with Crippen molar-refractivity contribution in [2.24, 2.45) is 0 Å². The summed E-state index contributed by atoms with van der Waals surface area (Å²) in [5.41, 5.74) is -4.53. The first-order valence-corrected chi connectivity index (χ1v) is 10.6. The van der Waals surface area contributed by atoms with Gasteiger partial charge in [-0.2, -0.15) is 13.2 Å². The second kappa shape index (κ2) is 8.78. The standard InChI is InChI=1S/C21H23F3N4O2S/c1-4-27(5-2)17-12-14(10-11-25-17)13-20(3)18(29)28(19(30)26-20)15-6-8-16(9-7-15)31-21(22,23)24/h6-12H,4-5,13H2,1-3H3,(H,26,30). The molecule has 1 saturated heterocycles. The monoisotopic (exact) mass is 452 g/mol. The van der Waals surface area contributed by atoms with Gasteiger partial charge in [-0.05, 0) is 74.5 Å². The van der Waals surface area contributed by atoms with Crippen LogP contribution in [0.15, 0.2) is 47.5 Å². The van der Waals surface area contributed by atoms with Crippen molar-refractivity contribution >= 4 is 35.2 Å². The quantitative estimate of drug-likeness (QED) is 0.492. The highest BCUT2D eigenvalue weighted by Crippen LogP contribution is 2.38. The largest absolute Gasteiger partial charge is 0.446 e. The molecule has 31 heavy (non-hydrogen) atoms. The van der Waals surface area contributed by atoms with Crippen LogP contribution in [0.4, 0.5) is 29.5 Å². The Balaban J connectivity index is 1.80. The minimum Gasteiger partial charge on any atom is -0.357 e. The van der Waals surface area contributed by atoms with Gasteiger partial charge in [0.05, 0.1) is 5.69 Å². The predicted octanol–water partition coefficient (Wildman–Crippen LogP) is 4.60. The average molecular weight is 453 g/mol. The van der Waals surface area contributed by atoms with Crippen LogP contribution >= 0.6 is 11.8 Å². The van der Waals surface area contributed by atoms with Crippen LogP contribution in [0.1, 0.15) is 26.3 Å². The van der Waals surface area contributed by atoms with Crippen LogP contribution in [0, 0.1) is 0 Å². The summed E-state index contributed by atoms with van der Waals surface area (Å²) in [6, 6.07) is 8.23. The van der Waals surface area contributed by atoms with Gasteiger partial charge in [0.2, 0.25) is 0 Å². The number of nitrogens with one attached hydrogen (secondary N) is 1. The summed E-state index contributed by atoms with van der Waals surface area (Å²) in [7, 11) is 0. The lowest BCUT2D eigenvalue weighted by Crippen LogP contribution is -2.46. The number of benzene rings is 1. The molecular weight excluding hydrogens is 429 g/mol. The summed E-state index contributed by atoms with van der Waals surface area (Å²) in [5, 5.41) is 2.72. The number of urea groups is 1. The molecule has 6 nitrogen and oxygen atoms in total. The summed E-state index contributed by atoms with van der Waals surface area (Å²) < 4.78 is 37.6. The number of nitrogens with zero attached hydrogens (tertiary/aromatic N) is 3. The van der Waals surface area contributed by atoms with Gasteiger partial charge in [0.15, 0.2) is 0 Å². The van der Waals surface area contributed by atoms with E-state index in [-0.39, 0.29) is 28.8 Å². The Morgan fingerprint density at radius 1 is 1.13 bits per heavy atom. The lowest BCUT2D eigenvalue weighted by atomic mass is 9.93. The van der Waals surface area contributed by atoms with Crippen molar-refractivity contribution in [1.82, 2.24) is 10.3 Å². The van der Waals surface area contributed by atoms with Crippen molar-refractivity contribution in [2.75, 3.05) is 22.9 Å². The van der Waals surface area contributed by atoms with Crippen LogP contribution in [-0.2, 0) is 11.2 Å². The summed E-state index contributed by atoms with van der Waals surface area (Å²) in [6.07, 6.45) is 1.93. The van der Waals surface area contributed by atoms with Crippen molar-refractivity contribution in [3.8, 4) is 0 Å². The molecule has 1 fully saturated rings. The van der Waals surface area contributed by atoms with E-state index >= 15 is 0 Å². The number of imide groups is 1. The highest BCUT2D eigenvalue weighted by Gasteiger charge is 2.48. The van der Waals surface area contributed by atoms with Gasteiger partial charge in [-0.1, -0.05) is 0 Å². The summed E-state index contributed by atoms with van der Waals surface area (Å²) in [5.74, 6) is 0.326. The second-order valence-corrected chi connectivity index (χ2v) is 8.45. The van der Waals surface area contributed by atoms with Crippen molar-refractivity contribution in [3.63, 3.8) is 0 Å². The maximum absolute atomic E-state index is 13.1. The molecule has 2 aromatic rings. The Labute approximate surface area is 182 Å². The molecule has 2 heterocycles. The zero-order chi connectivity index (χ0) is 22.8. The molecule has 3 amide bonds. The first-order chi connectivity index (χ1) is 14.6. The number of carbonyl (C=O) groups is 2. The highest BCUT2D eigenvalue weighted by molar-refractivity contribution is 8.00. The van der Waals surface area contributed by atoms with Crippen LogP contribution in [-0.4, -0.2) is 41.1 Å². The molecule has 0 aliphatic carbocycles. The van der Waals surface area contributed by atoms with Gasteiger partial charge >= 0.3 is 11.5 Å². The molecular formula is C21H23F3N4O2S. The number of anilines is 2. The summed E-state index contributed by atoms with van der Waals surface area (Å²) >= 11 is -0.252. The normalized spacial score (nSPS) is 19.0. The van der Waals surface area contributed by atoms with E-state index in [0.717, 1.165) is 29.4 Å². The van der Waals surface area contributed by atoms with Gasteiger partial charge < -0.3 is 10.2 Å². The van der Waals surface area contributed by atoms with E-state index in [4.69, 9.17) is 0 Å². The molecule has 0 spiro atoms. The fourth-order valence-corrected chi connectivity index (χ4v) is 4.07. The molecule has 1 aliphatic heterocycles. The molecule has 10 heteroatoms. The lowest BCUT2D eigenvalue weighted by Gasteiger charge is -2.24. The number of halogens is 3. The molecule has 0 saturated carbocycles. The smallest absolute Gasteiger partial charge is 0.357 e. The zero-order valence-electron chi connectivity index (χ0n) is 17.4. The third-order valence-electron chi connectivity index (χ3n) is 5.04. The minimum absolute atomic E-state index is 0.0215. The van der Waals surface area contributed by atoms with Gasteiger partial charge in [0.1, 0.15) is 11.4 Å². The Kier molecular flexibility index (Phi) is 6.49. The van der Waals surface area contributed by atoms with Crippen LogP contribution in [0.3, 0.4) is 0 Å². The first-order valence-electron chi connectivity index (χ1n) is 9.78. The Morgan fingerprint density at radius 2 is 1.77 bits per heavy atom. The second-order valence-electron chi connectivity index (χ2n) is 7.32. The lowest BCUT2D eigenvalue weighted by molar-refractivity contribution is -0.121. The summed E-state index contributed by atoms with van der Waals surface area (Å²) in [6.45, 7) is 7.26. The third-order valence-corrected chi connectivity index (χ3v) is 5.78. The van der Waals surface area contributed by atoms with E-state index in [9.17, 15) is 22.8 Å². The number of amides is 3. The highest BCUT2D eigenvalue weighted by atomic mass is 32.2. The van der Waals surface area contributed by atoms with E-state index in [1.54, 1.807) is 19.2 Å². The number of aromatic nitrogens is 1.